The van der Waals surface area contributed by atoms with Crippen LogP contribution in [0.15, 0.2) is 30.3 Å². The summed E-state index contributed by atoms with van der Waals surface area (Å²) < 4.78 is 1.49. The van der Waals surface area contributed by atoms with E-state index in [0.29, 0.717) is 11.1 Å². The molecule has 0 aliphatic rings. The second-order valence-electron chi connectivity index (χ2n) is 5.52. The second kappa shape index (κ2) is 10.8. The Balaban J connectivity index is 2.52. The van der Waals surface area contributed by atoms with E-state index in [9.17, 15) is 9.59 Å². The topological polar surface area (TPSA) is 34.1 Å². The van der Waals surface area contributed by atoms with Crippen LogP contribution in [0, 0.1) is 5.92 Å². The van der Waals surface area contributed by atoms with Crippen LogP contribution in [0.5, 0.6) is 0 Å². The molecular formula is C18H26O2Se. The van der Waals surface area contributed by atoms with E-state index in [0.717, 1.165) is 23.7 Å². The minimum absolute atomic E-state index is 0.0750. The van der Waals surface area contributed by atoms with Crippen molar-refractivity contribution < 1.29 is 9.59 Å². The quantitative estimate of drug-likeness (QED) is 0.451. The molecule has 0 saturated heterocycles. The molecule has 0 aliphatic carbocycles. The van der Waals surface area contributed by atoms with Crippen molar-refractivity contribution in [1.82, 2.24) is 0 Å². The van der Waals surface area contributed by atoms with E-state index in [-0.39, 0.29) is 26.7 Å². The Morgan fingerprint density at radius 1 is 1.05 bits per heavy atom. The van der Waals surface area contributed by atoms with Crippen molar-refractivity contribution >= 4 is 29.9 Å². The predicted octanol–water partition coefficient (Wildman–Crippen LogP) is 3.50. The zero-order valence-electron chi connectivity index (χ0n) is 13.1. The van der Waals surface area contributed by atoms with Crippen molar-refractivity contribution in [3.63, 3.8) is 0 Å². The van der Waals surface area contributed by atoms with E-state index in [1.54, 1.807) is 6.92 Å². The number of rotatable bonds is 11. The molecule has 0 heterocycles. The Kier molecular flexibility index (Phi) is 9.29. The molecule has 0 spiro atoms. The molecule has 1 rings (SSSR count). The van der Waals surface area contributed by atoms with Gasteiger partial charge in [0, 0.05) is 0 Å². The number of benzene rings is 1. The summed E-state index contributed by atoms with van der Waals surface area (Å²) >= 11 is -0.118. The van der Waals surface area contributed by atoms with E-state index < -0.39 is 0 Å². The van der Waals surface area contributed by atoms with Gasteiger partial charge in [0.25, 0.3) is 0 Å². The van der Waals surface area contributed by atoms with Gasteiger partial charge in [-0.05, 0) is 0 Å². The van der Waals surface area contributed by atoms with Gasteiger partial charge in [0.05, 0.1) is 0 Å². The predicted molar refractivity (Wildman–Crippen MR) is 89.0 cm³/mol. The van der Waals surface area contributed by atoms with Gasteiger partial charge in [-0.1, -0.05) is 0 Å². The fourth-order valence-corrected chi connectivity index (χ4v) is 4.21. The van der Waals surface area contributed by atoms with Crippen LogP contribution in [0.4, 0.5) is 0 Å². The molecule has 3 heteroatoms. The van der Waals surface area contributed by atoms with Gasteiger partial charge in [-0.3, -0.25) is 0 Å². The molecule has 1 unspecified atom stereocenters. The van der Waals surface area contributed by atoms with Crippen LogP contribution in [0.2, 0.25) is 0 Å². The van der Waals surface area contributed by atoms with Gasteiger partial charge >= 0.3 is 135 Å². The van der Waals surface area contributed by atoms with E-state index in [2.05, 4.69) is 6.92 Å². The van der Waals surface area contributed by atoms with Crippen molar-refractivity contribution in [3.8, 4) is 0 Å². The average molecular weight is 353 g/mol. The molecule has 0 fully saturated rings. The first-order valence-electron chi connectivity index (χ1n) is 7.89. The first kappa shape index (κ1) is 18.1. The third kappa shape index (κ3) is 8.18. The normalized spacial score (nSPS) is 12.1. The number of carbonyl (C=O) groups excluding carboxylic acids is 2. The van der Waals surface area contributed by atoms with Crippen LogP contribution in [-0.2, 0) is 9.59 Å². The SMILES string of the molecule is CCCCCCC(CCC(C)=O)C(=O)[Se]c1ccccc1. The number of unbranched alkanes of at least 4 members (excludes halogenated alkanes) is 3. The summed E-state index contributed by atoms with van der Waals surface area (Å²) in [5.74, 6) is 0.263. The third-order valence-electron chi connectivity index (χ3n) is 3.55. The van der Waals surface area contributed by atoms with Gasteiger partial charge < -0.3 is 0 Å². The Hall–Kier alpha value is -0.921. The van der Waals surface area contributed by atoms with Crippen molar-refractivity contribution in [1.29, 1.82) is 0 Å². The van der Waals surface area contributed by atoms with E-state index in [4.69, 9.17) is 0 Å². The minimum atomic E-state index is -0.118. The van der Waals surface area contributed by atoms with Gasteiger partial charge in [-0.25, -0.2) is 0 Å². The van der Waals surface area contributed by atoms with E-state index >= 15 is 0 Å². The molecule has 0 N–H and O–H groups in total. The maximum atomic E-state index is 12.5. The number of hydrogen-bond donors (Lipinski definition) is 0. The average Bonchev–Trinajstić information content (AvgIpc) is 2.47. The van der Waals surface area contributed by atoms with Crippen LogP contribution in [0.3, 0.4) is 0 Å². The molecule has 1 aromatic rings. The van der Waals surface area contributed by atoms with Crippen molar-refractivity contribution in [3.05, 3.63) is 30.3 Å². The Morgan fingerprint density at radius 3 is 2.38 bits per heavy atom. The summed E-state index contributed by atoms with van der Waals surface area (Å²) in [6.45, 7) is 3.80. The third-order valence-corrected chi connectivity index (χ3v) is 5.73. The molecule has 1 aromatic carbocycles. The molecule has 21 heavy (non-hydrogen) atoms. The monoisotopic (exact) mass is 354 g/mol. The first-order chi connectivity index (χ1) is 10.1. The van der Waals surface area contributed by atoms with Crippen LogP contribution >= 0.6 is 0 Å². The van der Waals surface area contributed by atoms with Crippen molar-refractivity contribution in [2.45, 2.75) is 58.8 Å². The number of ketones is 1. The second-order valence-corrected chi connectivity index (χ2v) is 7.78. The molecule has 0 aliphatic heterocycles. The summed E-state index contributed by atoms with van der Waals surface area (Å²) in [4.78, 5) is 23.7. The maximum absolute atomic E-state index is 12.5. The molecular weight excluding hydrogens is 327 g/mol. The number of carbonyl (C=O) groups is 2. The van der Waals surface area contributed by atoms with Gasteiger partial charge in [0.15, 0.2) is 0 Å². The fraction of sp³-hybridized carbons (Fsp3) is 0.556. The first-order valence-corrected chi connectivity index (χ1v) is 9.61. The summed E-state index contributed by atoms with van der Waals surface area (Å²) in [5.41, 5.74) is 0. The van der Waals surface area contributed by atoms with Crippen LogP contribution in [0.1, 0.15) is 58.8 Å². The van der Waals surface area contributed by atoms with Gasteiger partial charge in [0.2, 0.25) is 0 Å². The van der Waals surface area contributed by atoms with E-state index in [1.165, 1.54) is 19.3 Å². The summed E-state index contributed by atoms with van der Waals surface area (Å²) in [6.07, 6.45) is 6.95. The number of hydrogen-bond acceptors (Lipinski definition) is 2. The fourth-order valence-electron chi connectivity index (χ4n) is 2.26. The van der Waals surface area contributed by atoms with Crippen molar-refractivity contribution in [2.24, 2.45) is 5.92 Å². The summed E-state index contributed by atoms with van der Waals surface area (Å²) in [7, 11) is 0. The molecule has 0 radical (unpaired) electrons. The molecule has 0 saturated carbocycles. The molecule has 0 aromatic heterocycles. The summed E-state index contributed by atoms with van der Waals surface area (Å²) in [5, 5.41) is 0. The van der Waals surface area contributed by atoms with Crippen molar-refractivity contribution in [2.75, 3.05) is 0 Å². The molecule has 0 amide bonds. The van der Waals surface area contributed by atoms with Gasteiger partial charge in [-0.2, -0.15) is 0 Å². The molecule has 2 nitrogen and oxygen atoms in total. The van der Waals surface area contributed by atoms with E-state index in [1.807, 2.05) is 30.3 Å². The zero-order valence-corrected chi connectivity index (χ0v) is 14.9. The van der Waals surface area contributed by atoms with Crippen LogP contribution < -0.4 is 4.46 Å². The van der Waals surface area contributed by atoms with Gasteiger partial charge in [0.1, 0.15) is 0 Å². The molecule has 0 bridgehead atoms. The zero-order chi connectivity index (χ0) is 15.5. The van der Waals surface area contributed by atoms with Gasteiger partial charge in [-0.15, -0.1) is 0 Å². The van der Waals surface area contributed by atoms with Crippen LogP contribution in [-0.4, -0.2) is 25.4 Å². The molecule has 1 atom stereocenters. The standard InChI is InChI=1S/C18H26O2Se/c1-3-4-5-7-10-16(14-13-15(2)19)18(20)21-17-11-8-6-9-12-17/h6,8-9,11-12,16H,3-5,7,10,13-14H2,1-2H3. The summed E-state index contributed by atoms with van der Waals surface area (Å²) in [6, 6.07) is 9.99. The Bertz CT molecular complexity index is 428. The number of Topliss-reactive ketones (excluding diaryl/α,β-unsaturated/α-hetero) is 1. The van der Waals surface area contributed by atoms with Crippen LogP contribution in [0.25, 0.3) is 0 Å². The Labute approximate surface area is 134 Å². The molecule has 116 valence electrons. The Morgan fingerprint density at radius 2 is 1.76 bits per heavy atom.